The largest absolute Gasteiger partial charge is 0.103 e. The van der Waals surface area contributed by atoms with Crippen molar-refractivity contribution in [1.82, 2.24) is 0 Å². The third kappa shape index (κ3) is 3.80. The average Bonchev–Trinajstić information content (AvgIpc) is 1.85. The van der Waals surface area contributed by atoms with Gasteiger partial charge in [0.15, 0.2) is 0 Å². The summed E-state index contributed by atoms with van der Waals surface area (Å²) in [7, 11) is 3.97. The van der Waals surface area contributed by atoms with Gasteiger partial charge in [0, 0.05) is 6.64 Å². The Balaban J connectivity index is 4.29. The summed E-state index contributed by atoms with van der Waals surface area (Å²) in [6.45, 7) is 14.4. The first-order valence-electron chi connectivity index (χ1n) is 3.54. The molecule has 68 valence electrons. The van der Waals surface area contributed by atoms with Crippen LogP contribution in [0.5, 0.6) is 0 Å². The molecule has 0 aliphatic carbocycles. The third-order valence-corrected chi connectivity index (χ3v) is 37.6. The second-order valence-electron chi connectivity index (χ2n) is 3.25. The fourth-order valence-electron chi connectivity index (χ4n) is 0.604. The van der Waals surface area contributed by atoms with Crippen LogP contribution in [0.2, 0.25) is 0 Å². The van der Waals surface area contributed by atoms with Crippen molar-refractivity contribution >= 4 is 37.8 Å². The quantitative estimate of drug-likeness (QED) is 0.630. The van der Waals surface area contributed by atoms with E-state index in [1.54, 1.807) is 0 Å². The van der Waals surface area contributed by atoms with Crippen molar-refractivity contribution in [1.29, 1.82) is 0 Å². The highest BCUT2D eigenvalue weighted by molar-refractivity contribution is 8.87. The fraction of sp³-hybridized carbons (Fsp3) is 1.00. The zero-order chi connectivity index (χ0) is 9.23. The van der Waals surface area contributed by atoms with Crippen molar-refractivity contribution in [3.05, 3.63) is 0 Å². The van der Waals surface area contributed by atoms with Gasteiger partial charge in [-0.1, -0.05) is 0 Å². The average molecular weight is 247 g/mol. The molecule has 0 spiro atoms. The summed E-state index contributed by atoms with van der Waals surface area (Å²) in [5, 5.41) is 0. The molecule has 0 rings (SSSR count). The van der Waals surface area contributed by atoms with E-state index in [9.17, 15) is 0 Å². The molecule has 0 heterocycles. The molecule has 0 nitrogen and oxygen atoms in total. The van der Waals surface area contributed by atoms with Gasteiger partial charge in [0.1, 0.15) is 0 Å². The van der Waals surface area contributed by atoms with Gasteiger partial charge in [0.25, 0.3) is 0 Å². The van der Waals surface area contributed by atoms with Crippen LogP contribution < -0.4 is 0 Å². The van der Waals surface area contributed by atoms with Crippen LogP contribution in [0.15, 0.2) is 0 Å². The molecule has 0 bridgehead atoms. The highest BCUT2D eigenvalue weighted by Crippen LogP contribution is 3.02. The molecule has 0 saturated heterocycles. The first-order chi connectivity index (χ1) is 4.80. The second kappa shape index (κ2) is 5.14. The van der Waals surface area contributed by atoms with Crippen molar-refractivity contribution in [2.45, 2.75) is 0 Å². The van der Waals surface area contributed by atoms with Gasteiger partial charge in [0.2, 0.25) is 0 Å². The molecule has 2 unspecified atom stereocenters. The van der Waals surface area contributed by atoms with Crippen LogP contribution in [0.3, 0.4) is 0 Å². The number of hydrogen-bond donors (Lipinski definition) is 0. The molecule has 0 N–H and O–H groups in total. The first-order valence-corrected chi connectivity index (χ1v) is 15.8. The van der Waals surface area contributed by atoms with E-state index in [0.717, 1.165) is 0 Å². The Morgan fingerprint density at radius 3 is 1.45 bits per heavy atom. The predicted molar refractivity (Wildman–Crippen MR) is 72.9 cm³/mol. The van der Waals surface area contributed by atoms with E-state index in [1.807, 2.05) is 0 Å². The van der Waals surface area contributed by atoms with Gasteiger partial charge in [-0.2, -0.15) is 0 Å². The molecular formula is C6H20P5+. The second-order valence-corrected chi connectivity index (χ2v) is 29.2. The standard InChI is InChI=1S/C6H20P5/c1-8(2)11(5,6)10(4)9(3)7/h7H2,1-6H3/q+1/t9?,10-/m0/s1. The van der Waals surface area contributed by atoms with E-state index < -0.39 is 6.64 Å². The summed E-state index contributed by atoms with van der Waals surface area (Å²) in [5.41, 5.74) is 0. The van der Waals surface area contributed by atoms with Crippen LogP contribution in [-0.4, -0.2) is 40.0 Å². The lowest BCUT2D eigenvalue weighted by molar-refractivity contribution is 2.19. The maximum absolute atomic E-state index is 3.04. The summed E-state index contributed by atoms with van der Waals surface area (Å²) in [6, 6.07) is 0. The molecular weight excluding hydrogens is 227 g/mol. The van der Waals surface area contributed by atoms with Gasteiger partial charge in [-0.15, -0.1) is 8.93 Å². The van der Waals surface area contributed by atoms with Crippen molar-refractivity contribution < 1.29 is 0 Å². The minimum atomic E-state index is -0.524. The molecule has 0 radical (unpaired) electrons. The van der Waals surface area contributed by atoms with Crippen molar-refractivity contribution in [3.63, 3.8) is 0 Å². The van der Waals surface area contributed by atoms with Gasteiger partial charge < -0.3 is 0 Å². The minimum Gasteiger partial charge on any atom is -0.103 e. The highest BCUT2D eigenvalue weighted by atomic mass is 32.8. The van der Waals surface area contributed by atoms with Crippen LogP contribution in [0.1, 0.15) is 0 Å². The molecule has 5 heteroatoms. The lowest BCUT2D eigenvalue weighted by Crippen LogP contribution is -1.80. The summed E-state index contributed by atoms with van der Waals surface area (Å²) in [5.74, 6) is 0. The van der Waals surface area contributed by atoms with Crippen LogP contribution in [0.25, 0.3) is 0 Å². The Labute approximate surface area is 78.1 Å². The maximum Gasteiger partial charge on any atom is 0.0809 e. The van der Waals surface area contributed by atoms with Crippen LogP contribution in [0.4, 0.5) is 0 Å². The highest BCUT2D eigenvalue weighted by Gasteiger charge is 2.39. The molecule has 0 amide bonds. The molecule has 3 atom stereocenters. The Morgan fingerprint density at radius 1 is 1.00 bits per heavy atom. The maximum atomic E-state index is 3.04. The Kier molecular flexibility index (Phi) is 6.14. The fourth-order valence-corrected chi connectivity index (χ4v) is 33.4. The Morgan fingerprint density at radius 2 is 1.36 bits per heavy atom. The normalized spacial score (nSPS) is 18.5. The smallest absolute Gasteiger partial charge is 0.0809 e. The molecule has 0 aliphatic rings. The molecule has 11 heavy (non-hydrogen) atoms. The Hall–Kier alpha value is 2.15. The number of rotatable bonds is 3. The van der Waals surface area contributed by atoms with Gasteiger partial charge in [-0.3, -0.25) is 0 Å². The molecule has 0 saturated carbocycles. The summed E-state index contributed by atoms with van der Waals surface area (Å²) < 4.78 is 0. The van der Waals surface area contributed by atoms with Gasteiger partial charge in [-0.25, -0.2) is 0 Å². The zero-order valence-corrected chi connectivity index (χ0v) is 13.1. The number of hydrogen-bond acceptors (Lipinski definition) is 0. The third-order valence-electron chi connectivity index (χ3n) is 2.14. The first kappa shape index (κ1) is 13.2. The van der Waals surface area contributed by atoms with Crippen LogP contribution in [0, 0.1) is 0 Å². The summed E-state index contributed by atoms with van der Waals surface area (Å²) >= 11 is 0. The zero-order valence-electron chi connectivity index (χ0n) is 8.37. The van der Waals surface area contributed by atoms with Gasteiger partial charge in [-0.05, 0) is 34.0 Å². The van der Waals surface area contributed by atoms with Crippen LogP contribution >= 0.6 is 37.8 Å². The molecule has 0 aliphatic heterocycles. The van der Waals surface area contributed by atoms with E-state index in [-0.39, 0.29) is 7.30 Å². The van der Waals surface area contributed by atoms with E-state index in [1.165, 1.54) is 0 Å². The predicted octanol–water partition coefficient (Wildman–Crippen LogP) is 4.76. The van der Waals surface area contributed by atoms with E-state index >= 15 is 0 Å². The van der Waals surface area contributed by atoms with E-state index in [4.69, 9.17) is 0 Å². The van der Waals surface area contributed by atoms with E-state index in [0.29, 0.717) is 14.9 Å². The lowest BCUT2D eigenvalue weighted by atomic mass is 11.9. The molecule has 0 fully saturated rings. The Bertz CT molecular complexity index is 120. The molecule has 0 aromatic carbocycles. The molecule has 0 aromatic rings. The van der Waals surface area contributed by atoms with E-state index in [2.05, 4.69) is 48.9 Å². The van der Waals surface area contributed by atoms with Crippen molar-refractivity contribution in [2.75, 3.05) is 40.0 Å². The summed E-state index contributed by atoms with van der Waals surface area (Å²) in [6.07, 6.45) is 0. The monoisotopic (exact) mass is 247 g/mol. The summed E-state index contributed by atoms with van der Waals surface area (Å²) in [4.78, 5) is 0. The van der Waals surface area contributed by atoms with Gasteiger partial charge in [0.05, 0.1) is 28.2 Å². The molecule has 0 aromatic heterocycles. The lowest BCUT2D eigenvalue weighted by Gasteiger charge is -2.30. The van der Waals surface area contributed by atoms with Gasteiger partial charge >= 0.3 is 0 Å². The van der Waals surface area contributed by atoms with Crippen molar-refractivity contribution in [3.8, 4) is 0 Å². The SMILES string of the molecule is CP(P)[P@](C)[P+](C)(C)P(C)C. The topological polar surface area (TPSA) is 0 Å². The van der Waals surface area contributed by atoms with Crippen LogP contribution in [-0.2, 0) is 0 Å². The minimum absolute atomic E-state index is 0.265. The van der Waals surface area contributed by atoms with Crippen molar-refractivity contribution in [2.24, 2.45) is 0 Å².